The van der Waals surface area contributed by atoms with Crippen LogP contribution in [0.3, 0.4) is 0 Å². The van der Waals surface area contributed by atoms with E-state index >= 15 is 0 Å². The van der Waals surface area contributed by atoms with Gasteiger partial charge in [-0.05, 0) is 29.7 Å². The van der Waals surface area contributed by atoms with E-state index in [-0.39, 0.29) is 11.9 Å². The number of hydrogen-bond acceptors (Lipinski definition) is 11. The first-order valence-electron chi connectivity index (χ1n) is 13.2. The minimum absolute atomic E-state index is 0.113. The topological polar surface area (TPSA) is 121 Å². The molecule has 2 aromatic heterocycles. The zero-order valence-corrected chi connectivity index (χ0v) is 21.6. The molecule has 13 heteroatoms. The molecule has 0 radical (unpaired) electrons. The van der Waals surface area contributed by atoms with Crippen molar-refractivity contribution in [2.45, 2.75) is 19.1 Å². The minimum atomic E-state index is -0.213. The van der Waals surface area contributed by atoms with Crippen LogP contribution in [0.1, 0.15) is 5.56 Å². The van der Waals surface area contributed by atoms with Crippen LogP contribution in [0.2, 0.25) is 0 Å². The number of hydrogen-bond donors (Lipinski definition) is 3. The van der Waals surface area contributed by atoms with Gasteiger partial charge < -0.3 is 30.5 Å². The molecule has 12 nitrogen and oxygen atoms in total. The number of aromatic nitrogens is 5. The van der Waals surface area contributed by atoms with E-state index in [1.165, 1.54) is 12.4 Å². The predicted octanol–water partition coefficient (Wildman–Crippen LogP) is 1.15. The van der Waals surface area contributed by atoms with Gasteiger partial charge in [0.2, 0.25) is 11.9 Å². The van der Waals surface area contributed by atoms with Crippen molar-refractivity contribution in [3.05, 3.63) is 66.1 Å². The lowest BCUT2D eigenvalue weighted by Crippen LogP contribution is -2.53. The van der Waals surface area contributed by atoms with E-state index in [1.54, 1.807) is 18.3 Å². The van der Waals surface area contributed by atoms with Crippen molar-refractivity contribution in [2.24, 2.45) is 4.99 Å². The molecule has 2 fully saturated rings. The number of halogens is 1. The van der Waals surface area contributed by atoms with E-state index in [9.17, 15) is 4.39 Å². The molecule has 0 aliphatic carbocycles. The summed E-state index contributed by atoms with van der Waals surface area (Å²) < 4.78 is 21.1. The van der Waals surface area contributed by atoms with Gasteiger partial charge in [-0.15, -0.1) is 0 Å². The summed E-state index contributed by atoms with van der Waals surface area (Å²) in [5.41, 5.74) is 2.88. The number of anilines is 3. The van der Waals surface area contributed by atoms with Crippen molar-refractivity contribution in [1.29, 1.82) is 0 Å². The van der Waals surface area contributed by atoms with Crippen LogP contribution in [0.25, 0.3) is 0 Å². The fourth-order valence-electron chi connectivity index (χ4n) is 4.87. The molecule has 3 aromatic rings. The van der Waals surface area contributed by atoms with Crippen LogP contribution in [0.15, 0.2) is 59.8 Å². The molecule has 1 atom stereocenters. The Kier molecular flexibility index (Phi) is 7.59. The molecule has 2 saturated heterocycles. The quantitative estimate of drug-likeness (QED) is 0.408. The van der Waals surface area contributed by atoms with E-state index in [0.29, 0.717) is 31.4 Å². The van der Waals surface area contributed by atoms with Crippen molar-refractivity contribution in [2.75, 3.05) is 62.6 Å². The number of benzene rings is 1. The van der Waals surface area contributed by atoms with E-state index in [1.807, 2.05) is 23.1 Å². The number of piperazine rings is 1. The normalized spacial score (nSPS) is 19.8. The summed E-state index contributed by atoms with van der Waals surface area (Å²) in [6.45, 7) is 6.92. The molecule has 0 saturated carbocycles. The Hall–Kier alpha value is -4.10. The Balaban J connectivity index is 1.01. The first-order valence-corrected chi connectivity index (χ1v) is 13.2. The average molecular weight is 534 g/mol. The van der Waals surface area contributed by atoms with Crippen molar-refractivity contribution in [3.63, 3.8) is 0 Å². The van der Waals surface area contributed by atoms with Crippen molar-refractivity contribution < 1.29 is 9.13 Å². The number of ether oxygens (including phenoxy) is 1. The number of nitrogens with one attached hydrogen (secondary N) is 3. The molecule has 6 rings (SSSR count). The highest BCUT2D eigenvalue weighted by atomic mass is 19.1. The van der Waals surface area contributed by atoms with E-state index in [0.717, 1.165) is 68.7 Å². The van der Waals surface area contributed by atoms with Crippen molar-refractivity contribution in [3.8, 4) is 0 Å². The Bertz CT molecular complexity index is 1330. The van der Waals surface area contributed by atoms with Crippen LogP contribution in [0, 0.1) is 5.82 Å². The third kappa shape index (κ3) is 6.49. The molecule has 3 aliphatic heterocycles. The van der Waals surface area contributed by atoms with Crippen LogP contribution in [-0.2, 0) is 17.7 Å². The highest BCUT2D eigenvalue weighted by Crippen LogP contribution is 2.17. The largest absolute Gasteiger partial charge is 0.374 e. The third-order valence-corrected chi connectivity index (χ3v) is 6.87. The fourth-order valence-corrected chi connectivity index (χ4v) is 4.87. The standard InChI is InChI=1S/C26H32FN11O/c27-21-3-1-2-19(11-21)10-20-12-29-25(30-13-20)36-5-7-37(8-6-36)26-32-18-31-24(35-26)34-22-14-33-38(16-22)17-23-15-28-4-9-39-23/h1-3,11-12,14,16,18,23,28H,4-10,13,15,17H2,(H,29,30)(H,31,32,34,35)/t23-/m0/s1. The first-order chi connectivity index (χ1) is 19.2. The zero-order valence-electron chi connectivity index (χ0n) is 21.6. The van der Waals surface area contributed by atoms with E-state index in [2.05, 4.69) is 50.8 Å². The van der Waals surface area contributed by atoms with Gasteiger partial charge in [-0.2, -0.15) is 10.1 Å². The Morgan fingerprint density at radius 2 is 2.03 bits per heavy atom. The number of nitrogens with zero attached hydrogens (tertiary/aromatic N) is 8. The van der Waals surface area contributed by atoms with Gasteiger partial charge in [0.05, 0.1) is 31.1 Å². The van der Waals surface area contributed by atoms with Gasteiger partial charge in [0.15, 0.2) is 5.96 Å². The summed E-state index contributed by atoms with van der Waals surface area (Å²) in [6.07, 6.45) is 7.90. The molecule has 1 aromatic carbocycles. The lowest BCUT2D eigenvalue weighted by molar-refractivity contribution is 0.0161. The predicted molar refractivity (Wildman–Crippen MR) is 145 cm³/mol. The molecular weight excluding hydrogens is 501 g/mol. The summed E-state index contributed by atoms with van der Waals surface area (Å²) in [7, 11) is 0. The van der Waals surface area contributed by atoms with Crippen molar-refractivity contribution >= 4 is 23.5 Å². The summed E-state index contributed by atoms with van der Waals surface area (Å²) in [5.74, 6) is 1.76. The molecule has 0 unspecified atom stereocenters. The Morgan fingerprint density at radius 1 is 1.13 bits per heavy atom. The maximum Gasteiger partial charge on any atom is 0.232 e. The van der Waals surface area contributed by atoms with Gasteiger partial charge in [0.1, 0.15) is 12.1 Å². The van der Waals surface area contributed by atoms with Crippen LogP contribution < -0.4 is 20.9 Å². The monoisotopic (exact) mass is 533 g/mol. The van der Waals surface area contributed by atoms with Gasteiger partial charge >= 0.3 is 0 Å². The lowest BCUT2D eigenvalue weighted by atomic mass is 10.1. The van der Waals surface area contributed by atoms with Crippen LogP contribution in [0.5, 0.6) is 0 Å². The number of rotatable bonds is 7. The van der Waals surface area contributed by atoms with Crippen LogP contribution in [-0.4, -0.2) is 94.1 Å². The van der Waals surface area contributed by atoms with Crippen molar-refractivity contribution in [1.82, 2.24) is 40.3 Å². The van der Waals surface area contributed by atoms with Gasteiger partial charge in [0.25, 0.3) is 0 Å². The second-order valence-corrected chi connectivity index (χ2v) is 9.76. The SMILES string of the molecule is Fc1cccc(CC2=CN=C(N3CCN(c4ncnc(Nc5cnn(C[C@@H]6CNCCO6)c5)n4)CC3)NC2)c1. The van der Waals surface area contributed by atoms with E-state index < -0.39 is 0 Å². The highest BCUT2D eigenvalue weighted by Gasteiger charge is 2.23. The maximum atomic E-state index is 13.5. The third-order valence-electron chi connectivity index (χ3n) is 6.87. The molecule has 204 valence electrons. The molecule has 3 N–H and O–H groups in total. The van der Waals surface area contributed by atoms with Crippen LogP contribution in [0.4, 0.5) is 22.0 Å². The maximum absolute atomic E-state index is 13.5. The van der Waals surface area contributed by atoms with E-state index in [4.69, 9.17) is 4.74 Å². The summed E-state index contributed by atoms with van der Waals surface area (Å²) in [4.78, 5) is 22.3. The first kappa shape index (κ1) is 25.2. The molecular formula is C26H32FN11O. The van der Waals surface area contributed by atoms with Gasteiger partial charge in [-0.25, -0.2) is 19.4 Å². The molecule has 5 heterocycles. The Morgan fingerprint density at radius 3 is 2.82 bits per heavy atom. The summed E-state index contributed by atoms with van der Waals surface area (Å²) in [6, 6.07) is 6.70. The zero-order chi connectivity index (χ0) is 26.4. The minimum Gasteiger partial charge on any atom is -0.374 e. The summed E-state index contributed by atoms with van der Waals surface area (Å²) >= 11 is 0. The summed E-state index contributed by atoms with van der Waals surface area (Å²) in [5, 5.41) is 14.4. The second-order valence-electron chi connectivity index (χ2n) is 9.76. The fraction of sp³-hybridized carbons (Fsp3) is 0.423. The van der Waals surface area contributed by atoms with Crippen LogP contribution >= 0.6 is 0 Å². The highest BCUT2D eigenvalue weighted by molar-refractivity contribution is 5.82. The second kappa shape index (κ2) is 11.7. The Labute approximate surface area is 226 Å². The van der Waals surface area contributed by atoms with Gasteiger partial charge in [-0.3, -0.25) is 4.68 Å². The number of morpholine rings is 1. The number of aliphatic imine (C=N–C) groups is 1. The molecule has 0 bridgehead atoms. The lowest BCUT2D eigenvalue weighted by Gasteiger charge is -2.37. The molecule has 39 heavy (non-hydrogen) atoms. The molecule has 0 amide bonds. The smallest absolute Gasteiger partial charge is 0.232 e. The van der Waals surface area contributed by atoms with Gasteiger partial charge in [-0.1, -0.05) is 12.1 Å². The molecule has 3 aliphatic rings. The number of guanidine groups is 1. The molecule has 0 spiro atoms. The van der Waals surface area contributed by atoms with Gasteiger partial charge in [0, 0.05) is 58.2 Å². The average Bonchev–Trinajstić information content (AvgIpc) is 3.41.